The number of anilines is 1. The maximum Gasteiger partial charge on any atom is 0.267 e. The summed E-state index contributed by atoms with van der Waals surface area (Å²) < 4.78 is 0. The van der Waals surface area contributed by atoms with Crippen molar-refractivity contribution in [1.29, 1.82) is 0 Å². The highest BCUT2D eigenvalue weighted by Crippen LogP contribution is 2.22. The fourth-order valence-corrected chi connectivity index (χ4v) is 3.10. The molecule has 2 N–H and O–H groups in total. The van der Waals surface area contributed by atoms with Crippen LogP contribution in [-0.2, 0) is 11.2 Å². The Morgan fingerprint density at radius 1 is 1.19 bits per heavy atom. The van der Waals surface area contributed by atoms with Gasteiger partial charge in [0, 0.05) is 18.1 Å². The summed E-state index contributed by atoms with van der Waals surface area (Å²) in [6.45, 7) is 1.46. The molecule has 0 atom stereocenters. The number of carbonyl (C=O) groups excluding carboxylic acids is 3. The average molecular weight is 323 g/mol. The SMILES string of the molecule is CNC(=O)Cc1cnc(NC(=O)c2ccc(C(C)=O)s2)s1. The van der Waals surface area contributed by atoms with Gasteiger partial charge in [0.15, 0.2) is 10.9 Å². The third kappa shape index (κ3) is 3.96. The number of ketones is 1. The number of carbonyl (C=O) groups is 3. The zero-order chi connectivity index (χ0) is 15.4. The molecule has 0 aliphatic carbocycles. The van der Waals surface area contributed by atoms with E-state index in [0.29, 0.717) is 14.9 Å². The molecule has 8 heteroatoms. The normalized spacial score (nSPS) is 10.2. The van der Waals surface area contributed by atoms with E-state index in [0.717, 1.165) is 16.2 Å². The molecule has 0 aliphatic rings. The molecule has 2 amide bonds. The van der Waals surface area contributed by atoms with Crippen molar-refractivity contribution in [2.24, 2.45) is 0 Å². The third-order valence-electron chi connectivity index (χ3n) is 2.56. The molecule has 0 bridgehead atoms. The van der Waals surface area contributed by atoms with Crippen molar-refractivity contribution in [3.63, 3.8) is 0 Å². The van der Waals surface area contributed by atoms with Crippen LogP contribution in [0.15, 0.2) is 18.3 Å². The van der Waals surface area contributed by atoms with Crippen molar-refractivity contribution in [2.45, 2.75) is 13.3 Å². The molecule has 0 saturated heterocycles. The van der Waals surface area contributed by atoms with E-state index in [1.807, 2.05) is 0 Å². The zero-order valence-corrected chi connectivity index (χ0v) is 13.1. The summed E-state index contributed by atoms with van der Waals surface area (Å²) in [6.07, 6.45) is 1.79. The van der Waals surface area contributed by atoms with Gasteiger partial charge in [-0.15, -0.1) is 22.7 Å². The predicted octanol–water partition coefficient (Wildman–Crippen LogP) is 1.95. The summed E-state index contributed by atoms with van der Waals surface area (Å²) in [6, 6.07) is 3.23. The van der Waals surface area contributed by atoms with Crippen molar-refractivity contribution in [3.05, 3.63) is 33.0 Å². The number of nitrogens with zero attached hydrogens (tertiary/aromatic N) is 1. The molecular formula is C13H13N3O3S2. The van der Waals surface area contributed by atoms with Gasteiger partial charge in [0.2, 0.25) is 5.91 Å². The summed E-state index contributed by atoms with van der Waals surface area (Å²) in [5.74, 6) is -0.490. The number of likely N-dealkylation sites (N-methyl/N-ethyl adjacent to an activating group) is 1. The second-order valence-corrected chi connectivity index (χ2v) is 6.35. The standard InChI is InChI=1S/C13H13N3O3S2/c1-7(17)9-3-4-10(21-9)12(19)16-13-15-6-8(20-13)5-11(18)14-2/h3-4,6H,5H2,1-2H3,(H,14,18)(H,15,16,19). The van der Waals surface area contributed by atoms with Gasteiger partial charge in [-0.3, -0.25) is 19.7 Å². The lowest BCUT2D eigenvalue weighted by atomic mass is 10.3. The van der Waals surface area contributed by atoms with Crippen LogP contribution >= 0.6 is 22.7 Å². The molecule has 0 unspecified atom stereocenters. The van der Waals surface area contributed by atoms with E-state index >= 15 is 0 Å². The predicted molar refractivity (Wildman–Crippen MR) is 82.2 cm³/mol. The fourth-order valence-electron chi connectivity index (χ4n) is 1.50. The van der Waals surface area contributed by atoms with Crippen molar-refractivity contribution in [2.75, 3.05) is 12.4 Å². The summed E-state index contributed by atoms with van der Waals surface area (Å²) >= 11 is 2.39. The van der Waals surface area contributed by atoms with Crippen LogP contribution < -0.4 is 10.6 Å². The van der Waals surface area contributed by atoms with Gasteiger partial charge in [0.05, 0.1) is 16.2 Å². The molecule has 2 aromatic rings. The van der Waals surface area contributed by atoms with Crippen LogP contribution in [0.25, 0.3) is 0 Å². The smallest absolute Gasteiger partial charge is 0.267 e. The van der Waals surface area contributed by atoms with Crippen LogP contribution in [0.2, 0.25) is 0 Å². The van der Waals surface area contributed by atoms with Crippen molar-refractivity contribution < 1.29 is 14.4 Å². The first-order valence-electron chi connectivity index (χ1n) is 6.07. The average Bonchev–Trinajstić information content (AvgIpc) is 3.07. The molecule has 110 valence electrons. The summed E-state index contributed by atoms with van der Waals surface area (Å²) in [7, 11) is 1.56. The Morgan fingerprint density at radius 3 is 2.52 bits per heavy atom. The van der Waals surface area contributed by atoms with E-state index in [1.54, 1.807) is 25.4 Å². The molecule has 0 spiro atoms. The van der Waals surface area contributed by atoms with Crippen LogP contribution in [0.4, 0.5) is 5.13 Å². The van der Waals surface area contributed by atoms with Crippen LogP contribution in [0.1, 0.15) is 31.1 Å². The van der Waals surface area contributed by atoms with E-state index in [2.05, 4.69) is 15.6 Å². The van der Waals surface area contributed by atoms with E-state index in [1.165, 1.54) is 18.3 Å². The minimum atomic E-state index is -0.312. The molecule has 2 aromatic heterocycles. The van der Waals surface area contributed by atoms with Gasteiger partial charge < -0.3 is 5.32 Å². The molecule has 2 heterocycles. The Labute approximate surface area is 129 Å². The first-order valence-corrected chi connectivity index (χ1v) is 7.70. The zero-order valence-electron chi connectivity index (χ0n) is 11.4. The van der Waals surface area contributed by atoms with Crippen LogP contribution in [0.5, 0.6) is 0 Å². The minimum Gasteiger partial charge on any atom is -0.359 e. The van der Waals surface area contributed by atoms with Crippen molar-refractivity contribution >= 4 is 45.4 Å². The quantitative estimate of drug-likeness (QED) is 0.823. The van der Waals surface area contributed by atoms with E-state index < -0.39 is 0 Å². The van der Waals surface area contributed by atoms with E-state index in [4.69, 9.17) is 0 Å². The topological polar surface area (TPSA) is 88.2 Å². The van der Waals surface area contributed by atoms with Gasteiger partial charge in [0.25, 0.3) is 5.91 Å². The molecule has 6 nitrogen and oxygen atoms in total. The summed E-state index contributed by atoms with van der Waals surface area (Å²) in [5.41, 5.74) is 0. The lowest BCUT2D eigenvalue weighted by Crippen LogP contribution is -2.19. The van der Waals surface area contributed by atoms with Crippen molar-refractivity contribution in [3.8, 4) is 0 Å². The Morgan fingerprint density at radius 2 is 1.90 bits per heavy atom. The highest BCUT2D eigenvalue weighted by Gasteiger charge is 2.14. The molecular weight excluding hydrogens is 310 g/mol. The maximum absolute atomic E-state index is 12.0. The monoisotopic (exact) mass is 323 g/mol. The number of thiazole rings is 1. The molecule has 0 aromatic carbocycles. The number of hydrogen-bond donors (Lipinski definition) is 2. The first-order chi connectivity index (χ1) is 9.99. The number of amides is 2. The van der Waals surface area contributed by atoms with E-state index in [-0.39, 0.29) is 24.0 Å². The Hall–Kier alpha value is -2.06. The van der Waals surface area contributed by atoms with Crippen LogP contribution in [0.3, 0.4) is 0 Å². The molecule has 2 rings (SSSR count). The number of Topliss-reactive ketones (excluding diaryl/α,β-unsaturated/α-hetero) is 1. The number of aromatic nitrogens is 1. The summed E-state index contributed by atoms with van der Waals surface area (Å²) in [4.78, 5) is 40.3. The lowest BCUT2D eigenvalue weighted by molar-refractivity contribution is -0.119. The number of thiophene rings is 1. The van der Waals surface area contributed by atoms with Crippen molar-refractivity contribution in [1.82, 2.24) is 10.3 Å². The fraction of sp³-hybridized carbons (Fsp3) is 0.231. The van der Waals surface area contributed by atoms with Gasteiger partial charge >= 0.3 is 0 Å². The van der Waals surface area contributed by atoms with Gasteiger partial charge in [0.1, 0.15) is 0 Å². The third-order valence-corrected chi connectivity index (χ3v) is 4.66. The molecule has 0 radical (unpaired) electrons. The second kappa shape index (κ2) is 6.59. The maximum atomic E-state index is 12.0. The van der Waals surface area contributed by atoms with Gasteiger partial charge in [-0.1, -0.05) is 0 Å². The molecule has 0 fully saturated rings. The number of hydrogen-bond acceptors (Lipinski definition) is 6. The van der Waals surface area contributed by atoms with Crippen LogP contribution in [0, 0.1) is 0 Å². The Balaban J connectivity index is 2.02. The Bertz CT molecular complexity index is 690. The minimum absolute atomic E-state index is 0.0684. The number of nitrogens with one attached hydrogen (secondary N) is 2. The number of rotatable bonds is 5. The second-order valence-electron chi connectivity index (χ2n) is 4.16. The molecule has 0 saturated carbocycles. The van der Waals surface area contributed by atoms with Crippen LogP contribution in [-0.4, -0.2) is 29.6 Å². The first kappa shape index (κ1) is 15.3. The van der Waals surface area contributed by atoms with Gasteiger partial charge in [-0.2, -0.15) is 0 Å². The highest BCUT2D eigenvalue weighted by atomic mass is 32.1. The van der Waals surface area contributed by atoms with Gasteiger partial charge in [-0.05, 0) is 19.1 Å². The summed E-state index contributed by atoms with van der Waals surface area (Å²) in [5, 5.41) is 5.61. The van der Waals surface area contributed by atoms with E-state index in [9.17, 15) is 14.4 Å². The molecule has 21 heavy (non-hydrogen) atoms. The van der Waals surface area contributed by atoms with Gasteiger partial charge in [-0.25, -0.2) is 4.98 Å². The highest BCUT2D eigenvalue weighted by molar-refractivity contribution is 7.17. The Kier molecular flexibility index (Phi) is 4.81. The lowest BCUT2D eigenvalue weighted by Gasteiger charge is -1.98. The molecule has 0 aliphatic heterocycles. The largest absolute Gasteiger partial charge is 0.359 e.